The number of piperazine rings is 1. The van der Waals surface area contributed by atoms with Gasteiger partial charge in [-0.3, -0.25) is 4.90 Å². The van der Waals surface area contributed by atoms with E-state index in [4.69, 9.17) is 11.6 Å². The van der Waals surface area contributed by atoms with Crippen molar-refractivity contribution in [2.24, 2.45) is 0 Å². The maximum atomic E-state index is 6.04. The van der Waals surface area contributed by atoms with E-state index in [0.717, 1.165) is 48.3 Å². The van der Waals surface area contributed by atoms with Crippen LogP contribution in [0.25, 0.3) is 0 Å². The molecule has 1 saturated heterocycles. The molecule has 0 aliphatic carbocycles. The fourth-order valence-electron chi connectivity index (χ4n) is 3.39. The zero-order chi connectivity index (χ0) is 19.2. The molecule has 0 aromatic heterocycles. The molecule has 5 heteroatoms. The average Bonchev–Trinajstić information content (AvgIpc) is 2.75. The van der Waals surface area contributed by atoms with Crippen molar-refractivity contribution in [3.63, 3.8) is 0 Å². The number of benzene rings is 3. The first-order valence-electron chi connectivity index (χ1n) is 9.56. The molecule has 1 N–H and O–H groups in total. The molecule has 0 radical (unpaired) electrons. The third-order valence-corrected chi connectivity index (χ3v) is 6.00. The highest BCUT2D eigenvalue weighted by Gasteiger charge is 2.17. The second-order valence-electron chi connectivity index (χ2n) is 6.96. The van der Waals surface area contributed by atoms with Gasteiger partial charge in [-0.25, -0.2) is 0 Å². The van der Waals surface area contributed by atoms with Gasteiger partial charge in [0.05, 0.1) is 0 Å². The Balaban J connectivity index is 1.26. The zero-order valence-corrected chi connectivity index (χ0v) is 17.3. The molecule has 1 aliphatic rings. The van der Waals surface area contributed by atoms with Crippen molar-refractivity contribution in [1.82, 2.24) is 4.90 Å². The van der Waals surface area contributed by atoms with Gasteiger partial charge in [0.1, 0.15) is 0 Å². The molecule has 0 unspecified atom stereocenters. The van der Waals surface area contributed by atoms with E-state index in [2.05, 4.69) is 69.1 Å². The van der Waals surface area contributed by atoms with E-state index in [-0.39, 0.29) is 0 Å². The number of para-hydroxylation sites is 1. The molecule has 144 valence electrons. The fourth-order valence-corrected chi connectivity index (χ4v) is 4.35. The van der Waals surface area contributed by atoms with Crippen LogP contribution in [0.1, 0.15) is 5.56 Å². The largest absolute Gasteiger partial charge is 0.369 e. The summed E-state index contributed by atoms with van der Waals surface area (Å²) in [4.78, 5) is 6.10. The molecule has 0 atom stereocenters. The maximum absolute atomic E-state index is 6.04. The van der Waals surface area contributed by atoms with Gasteiger partial charge < -0.3 is 9.62 Å². The Kier molecular flexibility index (Phi) is 6.42. The van der Waals surface area contributed by atoms with Crippen LogP contribution in [0.3, 0.4) is 0 Å². The van der Waals surface area contributed by atoms with E-state index in [1.807, 2.05) is 24.3 Å². The SMILES string of the molecule is Clc1cccc(SNc2ccc(CN3CCN(c4ccccc4)CC3)cc2)c1. The first-order chi connectivity index (χ1) is 13.8. The summed E-state index contributed by atoms with van der Waals surface area (Å²) in [5, 5.41) is 0.759. The molecule has 1 heterocycles. The second-order valence-corrected chi connectivity index (χ2v) is 8.27. The summed E-state index contributed by atoms with van der Waals surface area (Å²) in [7, 11) is 0. The van der Waals surface area contributed by atoms with E-state index in [1.54, 1.807) is 11.9 Å². The Bertz CT molecular complexity index is 878. The summed E-state index contributed by atoms with van der Waals surface area (Å²) in [6, 6.07) is 27.3. The van der Waals surface area contributed by atoms with Crippen LogP contribution >= 0.6 is 23.5 Å². The summed E-state index contributed by atoms with van der Waals surface area (Å²) < 4.78 is 3.38. The second kappa shape index (κ2) is 9.37. The van der Waals surface area contributed by atoms with Gasteiger partial charge in [-0.05, 0) is 60.0 Å². The van der Waals surface area contributed by atoms with E-state index in [0.29, 0.717) is 0 Å². The summed E-state index contributed by atoms with van der Waals surface area (Å²) in [5.41, 5.74) is 3.78. The number of anilines is 2. The summed E-state index contributed by atoms with van der Waals surface area (Å²) in [6.45, 7) is 5.36. The van der Waals surface area contributed by atoms with Gasteiger partial charge in [0.2, 0.25) is 0 Å². The van der Waals surface area contributed by atoms with Crippen molar-refractivity contribution >= 4 is 34.9 Å². The Morgan fingerprint density at radius 1 is 0.821 bits per heavy atom. The third-order valence-electron chi connectivity index (χ3n) is 4.94. The van der Waals surface area contributed by atoms with Gasteiger partial charge in [-0.2, -0.15) is 0 Å². The number of nitrogens with zero attached hydrogens (tertiary/aromatic N) is 2. The standard InChI is InChI=1S/C23H24ClN3S/c24-20-5-4-8-23(17-20)28-25-21-11-9-19(10-12-21)18-26-13-15-27(16-14-26)22-6-2-1-3-7-22/h1-12,17,25H,13-16,18H2. The van der Waals surface area contributed by atoms with Crippen LogP contribution in [0.15, 0.2) is 83.8 Å². The topological polar surface area (TPSA) is 18.5 Å². The van der Waals surface area contributed by atoms with Crippen molar-refractivity contribution in [1.29, 1.82) is 0 Å². The predicted molar refractivity (Wildman–Crippen MR) is 121 cm³/mol. The number of hydrogen-bond acceptors (Lipinski definition) is 4. The molecule has 3 nitrogen and oxygen atoms in total. The van der Waals surface area contributed by atoms with Gasteiger partial charge in [-0.1, -0.05) is 48.0 Å². The minimum Gasteiger partial charge on any atom is -0.369 e. The van der Waals surface area contributed by atoms with Crippen LogP contribution in [-0.2, 0) is 6.54 Å². The van der Waals surface area contributed by atoms with Gasteiger partial charge in [0.15, 0.2) is 0 Å². The lowest BCUT2D eigenvalue weighted by Gasteiger charge is -2.36. The van der Waals surface area contributed by atoms with Gasteiger partial charge in [0, 0.05) is 54.0 Å². The molecule has 0 saturated carbocycles. The minimum atomic E-state index is 0.759. The Labute approximate surface area is 176 Å². The van der Waals surface area contributed by atoms with E-state index in [1.165, 1.54) is 11.3 Å². The summed E-state index contributed by atoms with van der Waals surface area (Å²) in [5.74, 6) is 0. The zero-order valence-electron chi connectivity index (χ0n) is 15.7. The molecular weight excluding hydrogens is 386 g/mol. The van der Waals surface area contributed by atoms with Gasteiger partial charge >= 0.3 is 0 Å². The lowest BCUT2D eigenvalue weighted by atomic mass is 10.1. The van der Waals surface area contributed by atoms with Gasteiger partial charge in [-0.15, -0.1) is 0 Å². The molecule has 0 spiro atoms. The highest BCUT2D eigenvalue weighted by molar-refractivity contribution is 8.00. The van der Waals surface area contributed by atoms with Crippen molar-refractivity contribution in [3.05, 3.63) is 89.4 Å². The third kappa shape index (κ3) is 5.22. The lowest BCUT2D eigenvalue weighted by molar-refractivity contribution is 0.250. The summed E-state index contributed by atoms with van der Waals surface area (Å²) >= 11 is 7.61. The Morgan fingerprint density at radius 3 is 2.29 bits per heavy atom. The molecule has 0 amide bonds. The lowest BCUT2D eigenvalue weighted by Crippen LogP contribution is -2.45. The molecule has 1 fully saturated rings. The van der Waals surface area contributed by atoms with Gasteiger partial charge in [0.25, 0.3) is 0 Å². The first-order valence-corrected chi connectivity index (χ1v) is 10.8. The van der Waals surface area contributed by atoms with Crippen LogP contribution in [-0.4, -0.2) is 31.1 Å². The molecule has 3 aromatic carbocycles. The predicted octanol–water partition coefficient (Wildman–Crippen LogP) is 5.78. The quantitative estimate of drug-likeness (QED) is 0.520. The van der Waals surface area contributed by atoms with Crippen LogP contribution in [0.2, 0.25) is 5.02 Å². The van der Waals surface area contributed by atoms with Crippen molar-refractivity contribution in [3.8, 4) is 0 Å². The Morgan fingerprint density at radius 2 is 1.57 bits per heavy atom. The number of hydrogen-bond donors (Lipinski definition) is 1. The molecule has 1 aliphatic heterocycles. The van der Waals surface area contributed by atoms with Crippen LogP contribution in [0.5, 0.6) is 0 Å². The van der Waals surface area contributed by atoms with E-state index < -0.39 is 0 Å². The molecule has 4 rings (SSSR count). The van der Waals surface area contributed by atoms with Crippen LogP contribution in [0.4, 0.5) is 11.4 Å². The van der Waals surface area contributed by atoms with E-state index in [9.17, 15) is 0 Å². The highest BCUT2D eigenvalue weighted by Crippen LogP contribution is 2.24. The van der Waals surface area contributed by atoms with Crippen molar-refractivity contribution in [2.75, 3.05) is 35.8 Å². The fraction of sp³-hybridized carbons (Fsp3) is 0.217. The Hall–Kier alpha value is -2.14. The monoisotopic (exact) mass is 409 g/mol. The number of halogens is 1. The average molecular weight is 410 g/mol. The van der Waals surface area contributed by atoms with Crippen LogP contribution in [0, 0.1) is 0 Å². The first kappa shape index (κ1) is 19.2. The maximum Gasteiger partial charge on any atom is 0.0443 e. The molecule has 28 heavy (non-hydrogen) atoms. The highest BCUT2D eigenvalue weighted by atomic mass is 35.5. The summed E-state index contributed by atoms with van der Waals surface area (Å²) in [6.07, 6.45) is 0. The number of rotatable bonds is 6. The number of nitrogens with one attached hydrogen (secondary N) is 1. The van der Waals surface area contributed by atoms with Crippen molar-refractivity contribution in [2.45, 2.75) is 11.4 Å². The molecular formula is C23H24ClN3S. The molecule has 0 bridgehead atoms. The molecule has 3 aromatic rings. The van der Waals surface area contributed by atoms with E-state index >= 15 is 0 Å². The normalized spacial score (nSPS) is 14.8. The van der Waals surface area contributed by atoms with Crippen LogP contribution < -0.4 is 9.62 Å². The smallest absolute Gasteiger partial charge is 0.0443 e. The minimum absolute atomic E-state index is 0.759. The van der Waals surface area contributed by atoms with Crippen molar-refractivity contribution < 1.29 is 0 Å².